The van der Waals surface area contributed by atoms with E-state index in [4.69, 9.17) is 15.0 Å². The van der Waals surface area contributed by atoms with Crippen LogP contribution in [-0.4, -0.2) is 29.3 Å². The van der Waals surface area contributed by atoms with E-state index in [2.05, 4.69) is 77.6 Å². The number of fused-ring (bicyclic) bond motifs is 5. The molecule has 0 amide bonds. The molecule has 0 saturated carbocycles. The first-order valence-electron chi connectivity index (χ1n) is 19.2. The minimum Gasteiger partial charge on any atom is -0.275 e. The van der Waals surface area contributed by atoms with Crippen molar-refractivity contribution in [3.05, 3.63) is 192 Å². The summed E-state index contributed by atoms with van der Waals surface area (Å²) in [7, 11) is 0. The van der Waals surface area contributed by atoms with E-state index in [0.717, 1.165) is 106 Å². The third-order valence-electron chi connectivity index (χ3n) is 11.2. The predicted molar refractivity (Wildman–Crippen MR) is 234 cm³/mol. The zero-order valence-corrected chi connectivity index (χ0v) is 31.3. The number of pyridine rings is 6. The molecule has 7 heteroatoms. The summed E-state index contributed by atoms with van der Waals surface area (Å²) >= 11 is 0. The molecule has 0 fully saturated rings. The third-order valence-corrected chi connectivity index (χ3v) is 11.2. The van der Waals surface area contributed by atoms with Gasteiger partial charge in [0.1, 0.15) is 0 Å². The second kappa shape index (κ2) is 13.4. The van der Waals surface area contributed by atoms with Crippen LogP contribution in [-0.2, 0) is 0 Å². The fraction of sp³-hybridized carbons (Fsp3) is 0.0196. The number of hydrogen-bond donors (Lipinski definition) is 0. The molecule has 7 heterocycles. The first-order valence-corrected chi connectivity index (χ1v) is 19.2. The maximum absolute atomic E-state index is 14.8. The molecule has 272 valence electrons. The van der Waals surface area contributed by atoms with Gasteiger partial charge in [0.05, 0.1) is 45.2 Å². The Balaban J connectivity index is 1.19. The molecule has 0 atom stereocenters. The molecule has 11 rings (SSSR count). The van der Waals surface area contributed by atoms with E-state index < -0.39 is 0 Å². The molecule has 11 aromatic rings. The van der Waals surface area contributed by atoms with Gasteiger partial charge >= 0.3 is 0 Å². The number of aromatic nitrogens is 6. The minimum atomic E-state index is -0.0530. The summed E-state index contributed by atoms with van der Waals surface area (Å²) < 4.78 is 1.92. The van der Waals surface area contributed by atoms with E-state index >= 15 is 0 Å². The van der Waals surface area contributed by atoms with Crippen LogP contribution in [0, 0.1) is 6.92 Å². The van der Waals surface area contributed by atoms with Crippen molar-refractivity contribution in [2.45, 2.75) is 6.92 Å². The largest absolute Gasteiger partial charge is 0.275 e. The van der Waals surface area contributed by atoms with E-state index in [1.54, 1.807) is 12.4 Å². The first kappa shape index (κ1) is 33.4. The molecule has 0 radical (unpaired) electrons. The van der Waals surface area contributed by atoms with Crippen LogP contribution >= 0.6 is 0 Å². The molecule has 0 unspecified atom stereocenters. The summed E-state index contributed by atoms with van der Waals surface area (Å²) in [5.74, 6) is 0. The fourth-order valence-corrected chi connectivity index (χ4v) is 8.45. The summed E-state index contributed by atoms with van der Waals surface area (Å²) in [6, 6.07) is 51.0. The van der Waals surface area contributed by atoms with Crippen molar-refractivity contribution in [1.29, 1.82) is 0 Å². The second-order valence-electron chi connectivity index (χ2n) is 14.5. The molecule has 4 aromatic carbocycles. The number of nitrogens with zero attached hydrogens (tertiary/aromatic N) is 6. The molecule has 0 aliphatic heterocycles. The average Bonchev–Trinajstić information content (AvgIpc) is 3.63. The van der Waals surface area contributed by atoms with E-state index in [-0.39, 0.29) is 5.56 Å². The SMILES string of the molecule is Cc1c(-c2ccccn2)cc(-c2ccc3c4ccc(-c5cc(-c6ccccn6)nc(-c6ccccn6)c5)cc4n4c(=O)c5ccccc5c2c34)cc1-c1ccccn1. The van der Waals surface area contributed by atoms with E-state index in [0.29, 0.717) is 5.39 Å². The van der Waals surface area contributed by atoms with Gasteiger partial charge < -0.3 is 0 Å². The molecule has 0 aliphatic carbocycles. The summed E-state index contributed by atoms with van der Waals surface area (Å²) in [5, 5.41) is 4.61. The normalized spacial score (nSPS) is 11.6. The Morgan fingerprint density at radius 3 is 1.52 bits per heavy atom. The van der Waals surface area contributed by atoms with Crippen molar-refractivity contribution >= 4 is 38.0 Å². The van der Waals surface area contributed by atoms with Crippen LogP contribution in [0.2, 0.25) is 0 Å². The molecule has 7 aromatic heterocycles. The van der Waals surface area contributed by atoms with Gasteiger partial charge in [0.15, 0.2) is 0 Å². The zero-order chi connectivity index (χ0) is 38.7. The van der Waals surface area contributed by atoms with Crippen molar-refractivity contribution < 1.29 is 0 Å². The van der Waals surface area contributed by atoms with Crippen molar-refractivity contribution in [1.82, 2.24) is 29.3 Å². The van der Waals surface area contributed by atoms with Crippen molar-refractivity contribution in [3.8, 4) is 67.5 Å². The van der Waals surface area contributed by atoms with Gasteiger partial charge in [-0.15, -0.1) is 0 Å². The van der Waals surface area contributed by atoms with E-state index in [9.17, 15) is 4.79 Å². The Bertz CT molecular complexity index is 3290. The molecule has 58 heavy (non-hydrogen) atoms. The molecule has 0 N–H and O–H groups in total. The standard InChI is InChI=1S/C51H32N6O/c1-31-40(42-14-4-8-22-52-42)26-34(27-41(31)43-15-5-9-23-53-43)35-20-21-38-36-19-18-32(30-48(36)57-50(38)49(35)37-12-2-3-13-39(37)51(57)58)33-28-46(44-16-6-10-24-54-44)56-47(29-33)45-17-7-11-25-55-45/h2-30H,1H3. The highest BCUT2D eigenvalue weighted by Gasteiger charge is 2.23. The summed E-state index contributed by atoms with van der Waals surface area (Å²) in [6.45, 7) is 2.13. The molecule has 0 spiro atoms. The lowest BCUT2D eigenvalue weighted by atomic mass is 9.89. The monoisotopic (exact) mass is 744 g/mol. The Morgan fingerprint density at radius 1 is 0.414 bits per heavy atom. The molecular weight excluding hydrogens is 713 g/mol. The predicted octanol–water partition coefficient (Wildman–Crippen LogP) is 11.5. The van der Waals surface area contributed by atoms with Crippen LogP contribution in [0.5, 0.6) is 0 Å². The van der Waals surface area contributed by atoms with Gasteiger partial charge in [0.25, 0.3) is 5.56 Å². The lowest BCUT2D eigenvalue weighted by Crippen LogP contribution is -2.13. The van der Waals surface area contributed by atoms with Crippen molar-refractivity contribution in [2.75, 3.05) is 0 Å². The summed E-state index contributed by atoms with van der Waals surface area (Å²) in [5.41, 5.74) is 13.6. The van der Waals surface area contributed by atoms with Crippen molar-refractivity contribution in [2.24, 2.45) is 0 Å². The van der Waals surface area contributed by atoms with Crippen molar-refractivity contribution in [3.63, 3.8) is 0 Å². The van der Waals surface area contributed by atoms with Gasteiger partial charge in [0.2, 0.25) is 0 Å². The van der Waals surface area contributed by atoms with Crippen LogP contribution in [0.3, 0.4) is 0 Å². The lowest BCUT2D eigenvalue weighted by Gasteiger charge is -2.17. The topological polar surface area (TPSA) is 85.9 Å². The van der Waals surface area contributed by atoms with Crippen LogP contribution in [0.1, 0.15) is 5.56 Å². The summed E-state index contributed by atoms with van der Waals surface area (Å²) in [4.78, 5) is 38.6. The Morgan fingerprint density at radius 2 is 0.948 bits per heavy atom. The minimum absolute atomic E-state index is 0.0530. The maximum Gasteiger partial charge on any atom is 0.263 e. The molecular formula is C51H32N6O. The van der Waals surface area contributed by atoms with E-state index in [1.165, 1.54) is 0 Å². The van der Waals surface area contributed by atoms with E-state index in [1.807, 2.05) is 108 Å². The zero-order valence-electron chi connectivity index (χ0n) is 31.3. The number of benzene rings is 4. The van der Waals surface area contributed by atoms with Crippen LogP contribution in [0.25, 0.3) is 106 Å². The highest BCUT2D eigenvalue weighted by Crippen LogP contribution is 2.43. The molecule has 0 bridgehead atoms. The number of hydrogen-bond acceptors (Lipinski definition) is 6. The average molecular weight is 745 g/mol. The smallest absolute Gasteiger partial charge is 0.263 e. The van der Waals surface area contributed by atoms with Gasteiger partial charge in [-0.05, 0) is 125 Å². The highest BCUT2D eigenvalue weighted by molar-refractivity contribution is 6.24. The van der Waals surface area contributed by atoms with Crippen LogP contribution in [0.4, 0.5) is 0 Å². The Labute approximate surface area is 333 Å². The lowest BCUT2D eigenvalue weighted by molar-refractivity contribution is 1.21. The maximum atomic E-state index is 14.8. The highest BCUT2D eigenvalue weighted by atomic mass is 16.1. The first-order chi connectivity index (χ1) is 28.6. The Hall–Kier alpha value is -7.90. The van der Waals surface area contributed by atoms with Crippen LogP contribution < -0.4 is 5.56 Å². The second-order valence-corrected chi connectivity index (χ2v) is 14.5. The van der Waals surface area contributed by atoms with Gasteiger partial charge in [-0.2, -0.15) is 0 Å². The summed E-state index contributed by atoms with van der Waals surface area (Å²) in [6.07, 6.45) is 7.21. The molecule has 0 aliphatic rings. The molecule has 7 nitrogen and oxygen atoms in total. The van der Waals surface area contributed by atoms with Gasteiger partial charge in [0, 0.05) is 57.5 Å². The van der Waals surface area contributed by atoms with Gasteiger partial charge in [-0.1, -0.05) is 66.7 Å². The quantitative estimate of drug-likeness (QED) is 0.158. The van der Waals surface area contributed by atoms with Crippen LogP contribution in [0.15, 0.2) is 181 Å². The van der Waals surface area contributed by atoms with Gasteiger partial charge in [-0.3, -0.25) is 29.1 Å². The fourth-order valence-electron chi connectivity index (χ4n) is 8.45. The Kier molecular flexibility index (Phi) is 7.72. The van der Waals surface area contributed by atoms with Gasteiger partial charge in [-0.25, -0.2) is 4.98 Å². The third kappa shape index (κ3) is 5.36. The molecule has 0 saturated heterocycles. The number of rotatable bonds is 6.